The van der Waals surface area contributed by atoms with E-state index in [1.165, 1.54) is 32.1 Å². The third-order valence-electron chi connectivity index (χ3n) is 5.08. The molecule has 4 rings (SSSR count). The zero-order chi connectivity index (χ0) is 42.0. The maximum atomic E-state index is 10.8. The van der Waals surface area contributed by atoms with Gasteiger partial charge in [-0.1, -0.05) is 138 Å². The Morgan fingerprint density at radius 3 is 0.930 bits per heavy atom. The minimum atomic E-state index is -0.879. The van der Waals surface area contributed by atoms with Gasteiger partial charge in [0.05, 0.1) is 25.3 Å². The minimum Gasteiger partial charge on any atom is -0.497 e. The van der Waals surface area contributed by atoms with Crippen LogP contribution in [0.4, 0.5) is 0 Å². The van der Waals surface area contributed by atoms with Crippen molar-refractivity contribution < 1.29 is 81.0 Å². The van der Waals surface area contributed by atoms with Gasteiger partial charge in [0, 0.05) is 60.8 Å². The van der Waals surface area contributed by atoms with E-state index in [0.29, 0.717) is 16.9 Å². The van der Waals surface area contributed by atoms with E-state index in [0.717, 1.165) is 12.2 Å². The first-order valence-electron chi connectivity index (χ1n) is 17.4. The van der Waals surface area contributed by atoms with E-state index in [-0.39, 0.29) is 66.9 Å². The molecule has 0 saturated heterocycles. The molecule has 0 spiro atoms. The van der Waals surface area contributed by atoms with Gasteiger partial charge in [0.2, 0.25) is 0 Å². The molecule has 10 nitrogen and oxygen atoms in total. The molecule has 2 N–H and O–H groups in total. The molecule has 4 aromatic carbocycles. The number of carboxylic acid groups (broad SMARTS) is 2. The van der Waals surface area contributed by atoms with Gasteiger partial charge in [-0.15, -0.1) is 0 Å². The summed E-state index contributed by atoms with van der Waals surface area (Å²) in [6.45, 7) is 18.8. The second kappa shape index (κ2) is 56.0. The van der Waals surface area contributed by atoms with Gasteiger partial charge in [0.1, 0.15) is 11.5 Å². The molecule has 11 heteroatoms. The zero-order valence-electron chi connectivity index (χ0n) is 34.8. The first kappa shape index (κ1) is 73.7. The van der Waals surface area contributed by atoms with Crippen LogP contribution >= 0.6 is 0 Å². The van der Waals surface area contributed by atoms with Gasteiger partial charge in [0.15, 0.2) is 0 Å². The van der Waals surface area contributed by atoms with E-state index in [2.05, 4.69) is 9.47 Å². The van der Waals surface area contributed by atoms with Crippen molar-refractivity contribution in [2.75, 3.05) is 28.4 Å². The van der Waals surface area contributed by atoms with Crippen molar-refractivity contribution in [2.24, 2.45) is 0 Å². The van der Waals surface area contributed by atoms with Gasteiger partial charge < -0.3 is 29.2 Å². The van der Waals surface area contributed by atoms with Crippen molar-refractivity contribution in [3.8, 4) is 11.5 Å². The monoisotopic (exact) mass is 877 g/mol. The second-order valence-electron chi connectivity index (χ2n) is 8.71. The average Bonchev–Trinajstić information content (AvgIpc) is 3.20. The van der Waals surface area contributed by atoms with Gasteiger partial charge in [0.25, 0.3) is 0 Å². The topological polar surface area (TPSA) is 146 Å². The third kappa shape index (κ3) is 47.7. The van der Waals surface area contributed by atoms with Crippen LogP contribution in [-0.2, 0) is 58.2 Å². The molecule has 0 aliphatic carbocycles. The Bertz CT molecular complexity index is 1350. The van der Waals surface area contributed by atoms with Crippen LogP contribution in [0.15, 0.2) is 109 Å². The van der Waals surface area contributed by atoms with Crippen molar-refractivity contribution in [1.82, 2.24) is 0 Å². The molecule has 0 saturated carbocycles. The summed E-state index contributed by atoms with van der Waals surface area (Å²) in [6, 6.07) is 32.1. The number of carbonyl (C=O) groups is 4. The van der Waals surface area contributed by atoms with Crippen LogP contribution in [0.25, 0.3) is 0 Å². The third-order valence-corrected chi connectivity index (χ3v) is 5.08. The van der Waals surface area contributed by atoms with Crippen LogP contribution in [0.3, 0.4) is 0 Å². The number of esters is 2. The fourth-order valence-electron chi connectivity index (χ4n) is 2.98. The molecular formula is C46H76O10Y. The number of carbonyl (C=O) groups excluding carboxylic acids is 2. The van der Waals surface area contributed by atoms with Crippen LogP contribution in [-0.4, -0.2) is 62.5 Å². The number of ether oxygens (including phenoxy) is 4. The molecule has 0 atom stereocenters. The molecule has 0 aliphatic heterocycles. The quantitative estimate of drug-likeness (QED) is 0.142. The molecule has 0 aromatic heterocycles. The Balaban J connectivity index is -0.0000000746. The summed E-state index contributed by atoms with van der Waals surface area (Å²) in [5.74, 6) is -0.876. The van der Waals surface area contributed by atoms with Gasteiger partial charge >= 0.3 is 23.9 Å². The van der Waals surface area contributed by atoms with E-state index < -0.39 is 11.9 Å². The predicted molar refractivity (Wildman–Crippen MR) is 237 cm³/mol. The van der Waals surface area contributed by atoms with E-state index in [1.807, 2.05) is 91.8 Å². The Hall–Kier alpha value is -4.38. The van der Waals surface area contributed by atoms with Gasteiger partial charge in [-0.25, -0.2) is 9.59 Å². The van der Waals surface area contributed by atoms with Crippen molar-refractivity contribution in [3.63, 3.8) is 0 Å². The molecule has 0 bridgehead atoms. The summed E-state index contributed by atoms with van der Waals surface area (Å²) in [7, 11) is 6.26. The normalized spacial score (nSPS) is 7.47. The van der Waals surface area contributed by atoms with Crippen LogP contribution in [0.1, 0.15) is 123 Å². The van der Waals surface area contributed by atoms with E-state index >= 15 is 0 Å². The standard InChI is InChI=1S/C16H16O3.2C7H6O2.C3H6O2.C2H6O.4C2H6.3CH4.Y/c1-12(17)19-16-9-5-14(6-10-16)11-13-3-7-15(18-2)8-4-13;2*8-7(9)6-4-2-1-3-5-6;1-3(4)5-2;1-3-2;4*1-2;;;;/h3-10H,11H2,1-2H3;2*1-5H,(H,8,9);1-2H3;1-2H3;4*1-2H3;3*1H4;. The maximum Gasteiger partial charge on any atom is 0.335 e. The molecule has 0 aliphatic rings. The Morgan fingerprint density at radius 2 is 0.737 bits per heavy atom. The Morgan fingerprint density at radius 1 is 0.474 bits per heavy atom. The molecule has 4 aromatic rings. The van der Waals surface area contributed by atoms with Crippen LogP contribution in [0, 0.1) is 0 Å². The number of carboxylic acids is 2. The van der Waals surface area contributed by atoms with Crippen LogP contribution < -0.4 is 9.47 Å². The van der Waals surface area contributed by atoms with Crippen molar-refractivity contribution in [1.29, 1.82) is 0 Å². The molecule has 0 amide bonds. The molecule has 323 valence electrons. The summed E-state index contributed by atoms with van der Waals surface area (Å²) in [5, 5.41) is 16.8. The second-order valence-corrected chi connectivity index (χ2v) is 8.71. The van der Waals surface area contributed by atoms with Gasteiger partial charge in [-0.05, 0) is 66.1 Å². The average molecular weight is 878 g/mol. The predicted octanol–water partition coefficient (Wildman–Crippen LogP) is 12.4. The van der Waals surface area contributed by atoms with E-state index in [1.54, 1.807) is 94.1 Å². The molecule has 57 heavy (non-hydrogen) atoms. The molecular weight excluding hydrogens is 801 g/mol. The minimum absolute atomic E-state index is 0. The number of rotatable bonds is 6. The molecule has 1 radical (unpaired) electrons. The number of benzene rings is 4. The van der Waals surface area contributed by atoms with Crippen molar-refractivity contribution in [2.45, 2.75) is 97.9 Å². The maximum absolute atomic E-state index is 10.8. The number of methoxy groups -OCH3 is 3. The summed E-state index contributed by atoms with van der Waals surface area (Å²) in [5.41, 5.74) is 3.04. The Labute approximate surface area is 372 Å². The van der Waals surface area contributed by atoms with Crippen molar-refractivity contribution in [3.05, 3.63) is 131 Å². The molecule has 0 heterocycles. The van der Waals surface area contributed by atoms with Gasteiger partial charge in [-0.3, -0.25) is 9.59 Å². The van der Waals surface area contributed by atoms with Crippen LogP contribution in [0.5, 0.6) is 11.5 Å². The fraction of sp³-hybridized carbons (Fsp3) is 0.391. The van der Waals surface area contributed by atoms with E-state index in [4.69, 9.17) is 19.7 Å². The molecule has 0 unspecified atom stereocenters. The first-order valence-corrected chi connectivity index (χ1v) is 17.4. The summed E-state index contributed by atoms with van der Waals surface area (Å²) >= 11 is 0. The van der Waals surface area contributed by atoms with Crippen LogP contribution in [0.2, 0.25) is 0 Å². The summed E-state index contributed by atoms with van der Waals surface area (Å²) in [6.07, 6.45) is 0.838. The number of aromatic carboxylic acids is 2. The smallest absolute Gasteiger partial charge is 0.335 e. The molecule has 0 fully saturated rings. The fourth-order valence-corrected chi connectivity index (χ4v) is 2.98. The summed E-state index contributed by atoms with van der Waals surface area (Å²) < 4.78 is 18.5. The number of hydrogen-bond acceptors (Lipinski definition) is 8. The van der Waals surface area contributed by atoms with Crippen molar-refractivity contribution >= 4 is 23.9 Å². The number of hydrogen-bond donors (Lipinski definition) is 2. The van der Waals surface area contributed by atoms with E-state index in [9.17, 15) is 19.2 Å². The largest absolute Gasteiger partial charge is 0.497 e. The van der Waals surface area contributed by atoms with Gasteiger partial charge in [-0.2, -0.15) is 0 Å². The SMILES string of the molecule is C.C.C.CC.CC.CC.CC.COC.COC(C)=O.COc1ccc(Cc2ccc(OC(C)=O)cc2)cc1.O=C(O)c1ccccc1.O=C(O)c1ccccc1.[Y]. The first-order chi connectivity index (χ1) is 25.5. The summed E-state index contributed by atoms with van der Waals surface area (Å²) in [4.78, 5) is 40.8. The zero-order valence-corrected chi connectivity index (χ0v) is 37.7. The Kier molecular flexibility index (Phi) is 72.3.